The van der Waals surface area contributed by atoms with Gasteiger partial charge in [0.2, 0.25) is 5.91 Å². The molecule has 1 amide bonds. The fourth-order valence-corrected chi connectivity index (χ4v) is 4.46. The summed E-state index contributed by atoms with van der Waals surface area (Å²) in [4.78, 5) is 25.7. The SMILES string of the molecule is CCCCN1C(=O)C(CCSC)NC12CCN(SC(=O)O)CC2. The van der Waals surface area contributed by atoms with E-state index in [1.807, 2.05) is 9.21 Å². The van der Waals surface area contributed by atoms with Crippen LogP contribution in [-0.4, -0.2) is 68.9 Å². The average Bonchev–Trinajstić information content (AvgIpc) is 2.77. The third kappa shape index (κ3) is 4.55. The Balaban J connectivity index is 2.04. The molecule has 6 nitrogen and oxygen atoms in total. The summed E-state index contributed by atoms with van der Waals surface area (Å²) in [5.41, 5.74) is -0.273. The lowest BCUT2D eigenvalue weighted by atomic mass is 9.97. The highest BCUT2D eigenvalue weighted by Gasteiger charge is 2.50. The highest BCUT2D eigenvalue weighted by atomic mass is 32.2. The summed E-state index contributed by atoms with van der Waals surface area (Å²) in [6.07, 6.45) is 6.58. The standard InChI is InChI=1S/C15H27N3O3S2/c1-3-4-8-18-13(19)12(5-11-22-2)16-15(18)6-9-17(10-7-15)23-14(20)21/h12,16H,3-11H2,1-2H3,(H,20,21). The molecule has 0 radical (unpaired) electrons. The number of amides is 1. The molecule has 0 bridgehead atoms. The first-order valence-corrected chi connectivity index (χ1v) is 10.4. The van der Waals surface area contributed by atoms with E-state index in [9.17, 15) is 9.59 Å². The van der Waals surface area contributed by atoms with Gasteiger partial charge < -0.3 is 10.0 Å². The van der Waals surface area contributed by atoms with Crippen LogP contribution < -0.4 is 5.32 Å². The Morgan fingerprint density at radius 3 is 2.70 bits per heavy atom. The molecular weight excluding hydrogens is 334 g/mol. The minimum absolute atomic E-state index is 0.0852. The van der Waals surface area contributed by atoms with Gasteiger partial charge in [-0.2, -0.15) is 11.8 Å². The van der Waals surface area contributed by atoms with Crippen LogP contribution in [0.5, 0.6) is 0 Å². The van der Waals surface area contributed by atoms with Crippen LogP contribution in [-0.2, 0) is 4.79 Å². The Kier molecular flexibility index (Phi) is 7.06. The fraction of sp³-hybridized carbons (Fsp3) is 0.867. The Morgan fingerprint density at radius 1 is 1.43 bits per heavy atom. The molecule has 1 atom stereocenters. The number of piperidine rings is 1. The summed E-state index contributed by atoms with van der Waals surface area (Å²) in [5.74, 6) is 1.20. The fourth-order valence-electron chi connectivity index (χ4n) is 3.41. The highest BCUT2D eigenvalue weighted by molar-refractivity contribution is 8.11. The summed E-state index contributed by atoms with van der Waals surface area (Å²) in [6, 6.07) is -0.0852. The van der Waals surface area contributed by atoms with Gasteiger partial charge >= 0.3 is 5.30 Å². The Bertz CT molecular complexity index is 428. The van der Waals surface area contributed by atoms with Crippen molar-refractivity contribution < 1.29 is 14.7 Å². The van der Waals surface area contributed by atoms with E-state index in [0.717, 1.165) is 56.3 Å². The number of carboxylic acid groups (broad SMARTS) is 1. The lowest BCUT2D eigenvalue weighted by Crippen LogP contribution is -2.58. The molecule has 132 valence electrons. The third-order valence-electron chi connectivity index (χ3n) is 4.63. The third-order valence-corrected chi connectivity index (χ3v) is 6.05. The molecule has 2 heterocycles. The van der Waals surface area contributed by atoms with Crippen molar-refractivity contribution in [3.63, 3.8) is 0 Å². The summed E-state index contributed by atoms with van der Waals surface area (Å²) in [5, 5.41) is 11.7. The number of nitrogens with zero attached hydrogens (tertiary/aromatic N) is 2. The second kappa shape index (κ2) is 8.60. The van der Waals surface area contributed by atoms with Gasteiger partial charge in [-0.3, -0.25) is 10.1 Å². The maximum absolute atomic E-state index is 12.8. The van der Waals surface area contributed by atoms with Gasteiger partial charge in [0.25, 0.3) is 0 Å². The van der Waals surface area contributed by atoms with E-state index in [2.05, 4.69) is 18.5 Å². The number of thioether (sulfide) groups is 1. The van der Waals surface area contributed by atoms with Crippen molar-refractivity contribution in [2.24, 2.45) is 0 Å². The Labute approximate surface area is 146 Å². The number of hydrogen-bond donors (Lipinski definition) is 2. The zero-order chi connectivity index (χ0) is 16.9. The topological polar surface area (TPSA) is 72.9 Å². The van der Waals surface area contributed by atoms with E-state index >= 15 is 0 Å². The van der Waals surface area contributed by atoms with Crippen LogP contribution in [0, 0.1) is 0 Å². The predicted octanol–water partition coefficient (Wildman–Crippen LogP) is 2.46. The van der Waals surface area contributed by atoms with Gasteiger partial charge in [-0.25, -0.2) is 9.10 Å². The van der Waals surface area contributed by atoms with E-state index < -0.39 is 5.30 Å². The van der Waals surface area contributed by atoms with Crippen LogP contribution in [0.15, 0.2) is 0 Å². The molecule has 2 saturated heterocycles. The van der Waals surface area contributed by atoms with Crippen molar-refractivity contribution >= 4 is 34.9 Å². The smallest absolute Gasteiger partial charge is 0.380 e. The number of unbranched alkanes of at least 4 members (excludes halogenated alkanes) is 1. The maximum Gasteiger partial charge on any atom is 0.380 e. The van der Waals surface area contributed by atoms with Crippen LogP contribution in [0.3, 0.4) is 0 Å². The molecule has 2 fully saturated rings. The lowest BCUT2D eigenvalue weighted by Gasteiger charge is -2.44. The maximum atomic E-state index is 12.8. The minimum Gasteiger partial charge on any atom is -0.472 e. The van der Waals surface area contributed by atoms with Crippen molar-refractivity contribution in [1.82, 2.24) is 14.5 Å². The molecular formula is C15H27N3O3S2. The van der Waals surface area contributed by atoms with E-state index in [1.54, 1.807) is 11.8 Å². The lowest BCUT2D eigenvalue weighted by molar-refractivity contribution is -0.133. The van der Waals surface area contributed by atoms with Gasteiger partial charge in [0.15, 0.2) is 0 Å². The molecule has 2 aliphatic heterocycles. The number of carbonyl (C=O) groups excluding carboxylic acids is 1. The summed E-state index contributed by atoms with van der Waals surface area (Å²) in [6.45, 7) is 4.31. The molecule has 1 spiro atoms. The molecule has 0 aromatic heterocycles. The predicted molar refractivity (Wildman–Crippen MR) is 95.7 cm³/mol. The Morgan fingerprint density at radius 2 is 2.13 bits per heavy atom. The van der Waals surface area contributed by atoms with E-state index in [1.165, 1.54) is 0 Å². The van der Waals surface area contributed by atoms with Gasteiger partial charge in [0.1, 0.15) is 0 Å². The molecule has 23 heavy (non-hydrogen) atoms. The zero-order valence-electron chi connectivity index (χ0n) is 13.9. The van der Waals surface area contributed by atoms with Gasteiger partial charge in [-0.05, 0) is 37.7 Å². The Hall–Kier alpha value is -0.440. The molecule has 0 aromatic carbocycles. The van der Waals surface area contributed by atoms with Crippen molar-refractivity contribution in [3.05, 3.63) is 0 Å². The molecule has 0 aliphatic carbocycles. The largest absolute Gasteiger partial charge is 0.472 e. The van der Waals surface area contributed by atoms with Gasteiger partial charge in [-0.1, -0.05) is 13.3 Å². The normalized spacial score (nSPS) is 24.5. The zero-order valence-corrected chi connectivity index (χ0v) is 15.5. The summed E-state index contributed by atoms with van der Waals surface area (Å²) >= 11 is 2.63. The van der Waals surface area contributed by atoms with Gasteiger partial charge in [-0.15, -0.1) is 0 Å². The molecule has 0 aromatic rings. The first-order chi connectivity index (χ1) is 11.0. The van der Waals surface area contributed by atoms with Crippen LogP contribution >= 0.6 is 23.7 Å². The number of nitrogens with one attached hydrogen (secondary N) is 1. The minimum atomic E-state index is -0.864. The van der Waals surface area contributed by atoms with E-state index in [0.29, 0.717) is 13.1 Å². The molecule has 8 heteroatoms. The van der Waals surface area contributed by atoms with E-state index in [4.69, 9.17) is 5.11 Å². The van der Waals surface area contributed by atoms with Crippen LogP contribution in [0.25, 0.3) is 0 Å². The average molecular weight is 362 g/mol. The van der Waals surface area contributed by atoms with Crippen molar-refractivity contribution in [2.45, 2.75) is 50.7 Å². The molecule has 2 aliphatic rings. The van der Waals surface area contributed by atoms with Crippen molar-refractivity contribution in [3.8, 4) is 0 Å². The molecule has 0 saturated carbocycles. The number of hydrogen-bond acceptors (Lipinski definition) is 6. The first-order valence-electron chi connectivity index (χ1n) is 8.26. The van der Waals surface area contributed by atoms with E-state index in [-0.39, 0.29) is 17.6 Å². The first kappa shape index (κ1) is 18.9. The second-order valence-corrected chi connectivity index (χ2v) is 8.17. The number of carbonyl (C=O) groups is 2. The van der Waals surface area contributed by atoms with Crippen LogP contribution in [0.2, 0.25) is 0 Å². The van der Waals surface area contributed by atoms with Crippen molar-refractivity contribution in [1.29, 1.82) is 0 Å². The van der Waals surface area contributed by atoms with Gasteiger partial charge in [0, 0.05) is 31.6 Å². The van der Waals surface area contributed by atoms with Crippen LogP contribution in [0.1, 0.15) is 39.0 Å². The van der Waals surface area contributed by atoms with Crippen molar-refractivity contribution in [2.75, 3.05) is 31.6 Å². The summed E-state index contributed by atoms with van der Waals surface area (Å²) in [7, 11) is 0. The van der Waals surface area contributed by atoms with Gasteiger partial charge in [0.05, 0.1) is 11.7 Å². The monoisotopic (exact) mass is 361 g/mol. The highest BCUT2D eigenvalue weighted by Crippen LogP contribution is 2.35. The molecule has 1 unspecified atom stereocenters. The second-order valence-electron chi connectivity index (χ2n) is 6.14. The quantitative estimate of drug-likeness (QED) is 0.675. The molecule has 2 rings (SSSR count). The molecule has 2 N–H and O–H groups in total. The van der Waals surface area contributed by atoms with Crippen LogP contribution in [0.4, 0.5) is 4.79 Å². The number of rotatable bonds is 7. The summed E-state index contributed by atoms with van der Waals surface area (Å²) < 4.78 is 1.88.